The molecule has 2 rings (SSSR count). The van der Waals surface area contributed by atoms with Crippen molar-refractivity contribution in [2.45, 2.75) is 31.5 Å². The summed E-state index contributed by atoms with van der Waals surface area (Å²) in [5.74, 6) is -1.14. The number of alkyl halides is 3. The summed E-state index contributed by atoms with van der Waals surface area (Å²) >= 11 is 5.82. The lowest BCUT2D eigenvalue weighted by molar-refractivity contribution is -0.185. The molecule has 0 bridgehead atoms. The molecule has 6 heteroatoms. The van der Waals surface area contributed by atoms with Crippen LogP contribution in [0.2, 0.25) is 5.02 Å². The quantitative estimate of drug-likeness (QED) is 0.908. The van der Waals surface area contributed by atoms with Crippen LogP contribution in [-0.4, -0.2) is 30.7 Å². The zero-order chi connectivity index (χ0) is 15.5. The Balaban J connectivity index is 1.76. The van der Waals surface area contributed by atoms with Gasteiger partial charge >= 0.3 is 6.18 Å². The predicted molar refractivity (Wildman–Crippen MR) is 78.2 cm³/mol. The smallest absolute Gasteiger partial charge is 0.324 e. The van der Waals surface area contributed by atoms with Gasteiger partial charge in [-0.1, -0.05) is 23.7 Å². The van der Waals surface area contributed by atoms with Crippen LogP contribution in [0.1, 0.15) is 30.9 Å². The first-order valence-electron chi connectivity index (χ1n) is 7.16. The molecule has 1 fully saturated rings. The highest BCUT2D eigenvalue weighted by atomic mass is 35.5. The molecule has 118 valence electrons. The van der Waals surface area contributed by atoms with Gasteiger partial charge in [0.15, 0.2) is 0 Å². The standard InChI is InChI=1S/C15H20ClF3N2/c16-13-3-1-11(2-4-13)14(20)7-10-21-8-5-12(6-9-21)15(17,18)19/h1-4,12,14H,5-10,20H2. The van der Waals surface area contributed by atoms with Gasteiger partial charge in [-0.3, -0.25) is 0 Å². The number of nitrogens with two attached hydrogens (primary N) is 1. The van der Waals surface area contributed by atoms with Crippen LogP contribution in [0, 0.1) is 5.92 Å². The number of likely N-dealkylation sites (tertiary alicyclic amines) is 1. The first-order valence-corrected chi connectivity index (χ1v) is 7.54. The molecular weight excluding hydrogens is 301 g/mol. The molecule has 0 amide bonds. The van der Waals surface area contributed by atoms with E-state index in [1.54, 1.807) is 12.1 Å². The lowest BCUT2D eigenvalue weighted by atomic mass is 9.95. The normalized spacial score (nSPS) is 19.7. The molecule has 0 spiro atoms. The molecule has 0 aliphatic carbocycles. The molecule has 2 nitrogen and oxygen atoms in total. The fourth-order valence-corrected chi connectivity index (χ4v) is 2.81. The van der Waals surface area contributed by atoms with Gasteiger partial charge < -0.3 is 10.6 Å². The number of benzene rings is 1. The van der Waals surface area contributed by atoms with Gasteiger partial charge in [-0.05, 0) is 56.6 Å². The zero-order valence-electron chi connectivity index (χ0n) is 11.7. The number of nitrogens with zero attached hydrogens (tertiary/aromatic N) is 1. The maximum Gasteiger partial charge on any atom is 0.391 e. The highest BCUT2D eigenvalue weighted by Crippen LogP contribution is 2.34. The molecule has 0 saturated carbocycles. The molecule has 2 N–H and O–H groups in total. The highest BCUT2D eigenvalue weighted by molar-refractivity contribution is 6.30. The molecule has 1 aliphatic rings. The van der Waals surface area contributed by atoms with Gasteiger partial charge in [0, 0.05) is 11.1 Å². The molecule has 1 aromatic rings. The zero-order valence-corrected chi connectivity index (χ0v) is 12.5. The van der Waals surface area contributed by atoms with Gasteiger partial charge in [0.1, 0.15) is 0 Å². The van der Waals surface area contributed by atoms with E-state index in [2.05, 4.69) is 4.90 Å². The third kappa shape index (κ3) is 4.87. The summed E-state index contributed by atoms with van der Waals surface area (Å²) in [5, 5.41) is 0.667. The predicted octanol–water partition coefficient (Wildman–Crippen LogP) is 4.00. The van der Waals surface area contributed by atoms with Crippen LogP contribution in [-0.2, 0) is 0 Å². The van der Waals surface area contributed by atoms with Crippen LogP contribution in [0.5, 0.6) is 0 Å². The summed E-state index contributed by atoms with van der Waals surface area (Å²) < 4.78 is 37.8. The van der Waals surface area contributed by atoms with E-state index in [0.29, 0.717) is 18.1 Å². The fourth-order valence-electron chi connectivity index (χ4n) is 2.68. The minimum absolute atomic E-state index is 0.109. The van der Waals surface area contributed by atoms with Crippen molar-refractivity contribution in [3.63, 3.8) is 0 Å². The maximum atomic E-state index is 12.6. The van der Waals surface area contributed by atoms with Crippen molar-refractivity contribution in [3.05, 3.63) is 34.9 Å². The molecule has 0 aromatic heterocycles. The topological polar surface area (TPSA) is 29.3 Å². The summed E-state index contributed by atoms with van der Waals surface area (Å²) in [6.07, 6.45) is -2.93. The van der Waals surface area contributed by atoms with Crippen molar-refractivity contribution in [1.29, 1.82) is 0 Å². The van der Waals surface area contributed by atoms with E-state index in [-0.39, 0.29) is 18.9 Å². The molecule has 1 saturated heterocycles. The van der Waals surface area contributed by atoms with E-state index >= 15 is 0 Å². The van der Waals surface area contributed by atoms with Gasteiger partial charge in [0.2, 0.25) is 0 Å². The van der Waals surface area contributed by atoms with E-state index in [1.165, 1.54) is 0 Å². The lowest BCUT2D eigenvalue weighted by Gasteiger charge is -2.33. The Morgan fingerprint density at radius 2 is 1.76 bits per heavy atom. The lowest BCUT2D eigenvalue weighted by Crippen LogP contribution is -2.39. The van der Waals surface area contributed by atoms with Gasteiger partial charge in [-0.15, -0.1) is 0 Å². The van der Waals surface area contributed by atoms with Crippen LogP contribution in [0.4, 0.5) is 13.2 Å². The van der Waals surface area contributed by atoms with Gasteiger partial charge in [0.25, 0.3) is 0 Å². The van der Waals surface area contributed by atoms with Crippen LogP contribution < -0.4 is 5.73 Å². The summed E-state index contributed by atoms with van der Waals surface area (Å²) in [6, 6.07) is 7.27. The maximum absolute atomic E-state index is 12.6. The first-order chi connectivity index (χ1) is 9.86. The molecule has 0 radical (unpaired) electrons. The molecule has 1 aromatic carbocycles. The van der Waals surface area contributed by atoms with Gasteiger partial charge in [-0.2, -0.15) is 13.2 Å². The van der Waals surface area contributed by atoms with Crippen molar-refractivity contribution in [3.8, 4) is 0 Å². The number of piperidine rings is 1. The first kappa shape index (κ1) is 16.6. The average molecular weight is 321 g/mol. The van der Waals surface area contributed by atoms with E-state index in [4.69, 9.17) is 17.3 Å². The number of halogens is 4. The Labute approximate surface area is 128 Å². The van der Waals surface area contributed by atoms with Crippen LogP contribution in [0.3, 0.4) is 0 Å². The number of rotatable bonds is 4. The SMILES string of the molecule is NC(CCN1CCC(C(F)(F)F)CC1)c1ccc(Cl)cc1. The van der Waals surface area contributed by atoms with Gasteiger partial charge in [0.05, 0.1) is 5.92 Å². The Morgan fingerprint density at radius 1 is 1.19 bits per heavy atom. The second kappa shape index (κ2) is 6.99. The molecule has 1 heterocycles. The average Bonchev–Trinajstić information content (AvgIpc) is 2.45. The van der Waals surface area contributed by atoms with Crippen molar-refractivity contribution in [2.75, 3.05) is 19.6 Å². The molecular formula is C15H20ClF3N2. The Morgan fingerprint density at radius 3 is 2.29 bits per heavy atom. The van der Waals surface area contributed by atoms with E-state index in [0.717, 1.165) is 18.5 Å². The Bertz CT molecular complexity index is 439. The van der Waals surface area contributed by atoms with E-state index in [1.807, 2.05) is 12.1 Å². The van der Waals surface area contributed by atoms with Crippen molar-refractivity contribution in [2.24, 2.45) is 11.7 Å². The minimum atomic E-state index is -4.05. The Hall–Kier alpha value is -0.780. The van der Waals surface area contributed by atoms with Crippen LogP contribution in [0.15, 0.2) is 24.3 Å². The van der Waals surface area contributed by atoms with E-state index < -0.39 is 12.1 Å². The van der Waals surface area contributed by atoms with Gasteiger partial charge in [-0.25, -0.2) is 0 Å². The second-order valence-electron chi connectivity index (χ2n) is 5.60. The second-order valence-corrected chi connectivity index (χ2v) is 6.04. The molecule has 1 unspecified atom stereocenters. The number of hydrogen-bond acceptors (Lipinski definition) is 2. The van der Waals surface area contributed by atoms with Crippen LogP contribution in [0.25, 0.3) is 0 Å². The third-order valence-electron chi connectivity index (χ3n) is 4.10. The van der Waals surface area contributed by atoms with E-state index in [9.17, 15) is 13.2 Å². The van der Waals surface area contributed by atoms with Crippen molar-refractivity contribution in [1.82, 2.24) is 4.90 Å². The minimum Gasteiger partial charge on any atom is -0.324 e. The highest BCUT2D eigenvalue weighted by Gasteiger charge is 2.40. The third-order valence-corrected chi connectivity index (χ3v) is 4.36. The summed E-state index contributed by atoms with van der Waals surface area (Å²) in [6.45, 7) is 1.73. The van der Waals surface area contributed by atoms with Crippen molar-refractivity contribution >= 4 is 11.6 Å². The number of hydrogen-bond donors (Lipinski definition) is 1. The molecule has 21 heavy (non-hydrogen) atoms. The fraction of sp³-hybridized carbons (Fsp3) is 0.600. The Kier molecular flexibility index (Phi) is 5.52. The summed E-state index contributed by atoms with van der Waals surface area (Å²) in [7, 11) is 0. The largest absolute Gasteiger partial charge is 0.391 e. The van der Waals surface area contributed by atoms with Crippen molar-refractivity contribution < 1.29 is 13.2 Å². The molecule has 1 atom stereocenters. The van der Waals surface area contributed by atoms with Crippen LogP contribution >= 0.6 is 11.6 Å². The summed E-state index contributed by atoms with van der Waals surface area (Å²) in [4.78, 5) is 2.07. The monoisotopic (exact) mass is 320 g/mol. The molecule has 1 aliphatic heterocycles. The summed E-state index contributed by atoms with van der Waals surface area (Å²) in [5.41, 5.74) is 7.11.